The molecule has 1 aliphatic rings. The third-order valence-corrected chi connectivity index (χ3v) is 4.63. The van der Waals surface area contributed by atoms with Gasteiger partial charge in [0.1, 0.15) is 0 Å². The van der Waals surface area contributed by atoms with Crippen LogP contribution < -0.4 is 0 Å². The number of carboxylic acids is 1. The molecule has 1 saturated heterocycles. The minimum absolute atomic E-state index is 0.0566. The highest BCUT2D eigenvalue weighted by molar-refractivity contribution is 6.30. The Morgan fingerprint density at radius 2 is 1.88 bits per heavy atom. The number of carbonyl (C=O) groups is 2. The van der Waals surface area contributed by atoms with Gasteiger partial charge in [0.05, 0.1) is 11.5 Å². The molecule has 5 nitrogen and oxygen atoms in total. The molecule has 1 aromatic carbocycles. The lowest BCUT2D eigenvalue weighted by Gasteiger charge is -2.16. The number of benzene rings is 1. The molecule has 1 aromatic heterocycles. The van der Waals surface area contributed by atoms with E-state index in [0.717, 1.165) is 11.1 Å². The van der Waals surface area contributed by atoms with E-state index in [1.165, 1.54) is 6.20 Å². The minimum atomic E-state index is -0.856. The summed E-state index contributed by atoms with van der Waals surface area (Å²) in [6.07, 6.45) is 3.20. The second-order valence-electron chi connectivity index (χ2n) is 6.10. The van der Waals surface area contributed by atoms with Crippen LogP contribution in [0.25, 0.3) is 11.1 Å². The molecule has 2 aromatic rings. The van der Waals surface area contributed by atoms with Gasteiger partial charge in [-0.15, -0.1) is 0 Å². The van der Waals surface area contributed by atoms with E-state index in [9.17, 15) is 14.7 Å². The Morgan fingerprint density at radius 3 is 2.50 bits per heavy atom. The van der Waals surface area contributed by atoms with Gasteiger partial charge in [-0.1, -0.05) is 30.7 Å². The molecule has 6 heteroatoms. The van der Waals surface area contributed by atoms with Crippen LogP contribution in [0.4, 0.5) is 0 Å². The summed E-state index contributed by atoms with van der Waals surface area (Å²) in [6, 6.07) is 9.07. The summed E-state index contributed by atoms with van der Waals surface area (Å²) in [4.78, 5) is 29.6. The van der Waals surface area contributed by atoms with Crippen LogP contribution in [0.2, 0.25) is 5.02 Å². The Labute approximate surface area is 144 Å². The molecule has 0 aliphatic carbocycles. The molecule has 0 radical (unpaired) electrons. The monoisotopic (exact) mass is 344 g/mol. The lowest BCUT2D eigenvalue weighted by atomic mass is 9.99. The van der Waals surface area contributed by atoms with Crippen LogP contribution in [0.5, 0.6) is 0 Å². The lowest BCUT2D eigenvalue weighted by Crippen LogP contribution is -2.30. The Hall–Kier alpha value is -2.40. The van der Waals surface area contributed by atoms with Crippen molar-refractivity contribution in [1.29, 1.82) is 0 Å². The standard InChI is InChI=1S/C18H17ClN2O3/c1-11-9-21(10-16(11)18(23)24)17(22)14-6-13(7-20-8-14)12-2-4-15(19)5-3-12/h2-8,11,16H,9-10H2,1H3,(H,23,24)/t11-,16-/m1/s1. The van der Waals surface area contributed by atoms with E-state index < -0.39 is 11.9 Å². The summed E-state index contributed by atoms with van der Waals surface area (Å²) in [7, 11) is 0. The third kappa shape index (κ3) is 3.26. The van der Waals surface area contributed by atoms with Crippen molar-refractivity contribution in [2.45, 2.75) is 6.92 Å². The Bertz CT molecular complexity index is 776. The Morgan fingerprint density at radius 1 is 1.17 bits per heavy atom. The van der Waals surface area contributed by atoms with Gasteiger partial charge in [0.25, 0.3) is 5.91 Å². The zero-order chi connectivity index (χ0) is 17.3. The number of aliphatic carboxylic acids is 1. The van der Waals surface area contributed by atoms with Crippen molar-refractivity contribution in [3.8, 4) is 11.1 Å². The molecule has 124 valence electrons. The molecule has 2 atom stereocenters. The van der Waals surface area contributed by atoms with Gasteiger partial charge in [-0.3, -0.25) is 14.6 Å². The number of rotatable bonds is 3. The largest absolute Gasteiger partial charge is 0.481 e. The van der Waals surface area contributed by atoms with E-state index in [1.54, 1.807) is 29.3 Å². The van der Waals surface area contributed by atoms with E-state index in [4.69, 9.17) is 11.6 Å². The van der Waals surface area contributed by atoms with E-state index in [2.05, 4.69) is 4.98 Å². The first-order valence-electron chi connectivity index (χ1n) is 7.69. The maximum absolute atomic E-state index is 12.7. The summed E-state index contributed by atoms with van der Waals surface area (Å²) < 4.78 is 0. The zero-order valence-electron chi connectivity index (χ0n) is 13.1. The minimum Gasteiger partial charge on any atom is -0.481 e. The average Bonchev–Trinajstić information content (AvgIpc) is 2.97. The lowest BCUT2D eigenvalue weighted by molar-refractivity contribution is -0.142. The van der Waals surface area contributed by atoms with Crippen LogP contribution in [-0.2, 0) is 4.79 Å². The van der Waals surface area contributed by atoms with Gasteiger partial charge in [-0.25, -0.2) is 0 Å². The average molecular weight is 345 g/mol. The SMILES string of the molecule is C[C@@H]1CN(C(=O)c2cncc(-c3ccc(Cl)cc3)c2)C[C@H]1C(=O)O. The molecule has 3 rings (SSSR count). The van der Waals surface area contributed by atoms with Crippen molar-refractivity contribution in [1.82, 2.24) is 9.88 Å². The number of nitrogens with zero attached hydrogens (tertiary/aromatic N) is 2. The number of hydrogen-bond acceptors (Lipinski definition) is 3. The fourth-order valence-corrected chi connectivity index (χ4v) is 3.12. The first-order valence-corrected chi connectivity index (χ1v) is 8.06. The van der Waals surface area contributed by atoms with Crippen LogP contribution >= 0.6 is 11.6 Å². The maximum atomic E-state index is 12.7. The molecule has 0 unspecified atom stereocenters. The fourth-order valence-electron chi connectivity index (χ4n) is 2.99. The van der Waals surface area contributed by atoms with Crippen molar-refractivity contribution in [3.63, 3.8) is 0 Å². The van der Waals surface area contributed by atoms with E-state index >= 15 is 0 Å². The topological polar surface area (TPSA) is 70.5 Å². The highest BCUT2D eigenvalue weighted by atomic mass is 35.5. The molecule has 1 aliphatic heterocycles. The van der Waals surface area contributed by atoms with Gasteiger partial charge in [-0.05, 0) is 29.7 Å². The molecule has 0 bridgehead atoms. The van der Waals surface area contributed by atoms with Crippen LogP contribution in [0.3, 0.4) is 0 Å². The zero-order valence-corrected chi connectivity index (χ0v) is 13.9. The van der Waals surface area contributed by atoms with Gasteiger partial charge < -0.3 is 10.0 Å². The Balaban J connectivity index is 1.83. The molecule has 1 fully saturated rings. The second-order valence-corrected chi connectivity index (χ2v) is 6.54. The van der Waals surface area contributed by atoms with E-state index in [1.807, 2.05) is 19.1 Å². The van der Waals surface area contributed by atoms with Crippen LogP contribution in [-0.4, -0.2) is 40.0 Å². The van der Waals surface area contributed by atoms with Gasteiger partial charge in [0.15, 0.2) is 0 Å². The molecular formula is C18H17ClN2O3. The van der Waals surface area contributed by atoms with E-state index in [0.29, 0.717) is 17.1 Å². The van der Waals surface area contributed by atoms with Crippen molar-refractivity contribution in [3.05, 3.63) is 53.3 Å². The van der Waals surface area contributed by atoms with E-state index in [-0.39, 0.29) is 18.4 Å². The first-order chi connectivity index (χ1) is 11.5. The normalized spacial score (nSPS) is 20.2. The predicted molar refractivity (Wildman–Crippen MR) is 90.9 cm³/mol. The highest BCUT2D eigenvalue weighted by Crippen LogP contribution is 2.26. The predicted octanol–water partition coefficient (Wildman–Crippen LogP) is 3.19. The third-order valence-electron chi connectivity index (χ3n) is 4.38. The molecule has 0 saturated carbocycles. The van der Waals surface area contributed by atoms with Crippen molar-refractivity contribution in [2.24, 2.45) is 11.8 Å². The number of aromatic nitrogens is 1. The summed E-state index contributed by atoms with van der Waals surface area (Å²) in [5, 5.41) is 9.85. The molecule has 24 heavy (non-hydrogen) atoms. The quantitative estimate of drug-likeness (QED) is 0.928. The number of carbonyl (C=O) groups excluding carboxylic acids is 1. The summed E-state index contributed by atoms with van der Waals surface area (Å²) in [5.74, 6) is -1.61. The van der Waals surface area contributed by atoms with Gasteiger partial charge in [0, 0.05) is 36.1 Å². The summed E-state index contributed by atoms with van der Waals surface area (Å²) in [5.41, 5.74) is 2.19. The molecule has 2 heterocycles. The number of halogens is 1. The number of pyridine rings is 1. The van der Waals surface area contributed by atoms with Gasteiger partial charge >= 0.3 is 5.97 Å². The van der Waals surface area contributed by atoms with Gasteiger partial charge in [-0.2, -0.15) is 0 Å². The molecular weight excluding hydrogens is 328 g/mol. The number of hydrogen-bond donors (Lipinski definition) is 1. The summed E-state index contributed by atoms with van der Waals surface area (Å²) >= 11 is 5.90. The Kier molecular flexibility index (Phi) is 4.53. The number of likely N-dealkylation sites (tertiary alicyclic amines) is 1. The van der Waals surface area contributed by atoms with Crippen LogP contribution in [0, 0.1) is 11.8 Å². The highest BCUT2D eigenvalue weighted by Gasteiger charge is 2.37. The number of amides is 1. The first kappa shape index (κ1) is 16.5. The van der Waals surface area contributed by atoms with Crippen molar-refractivity contribution in [2.75, 3.05) is 13.1 Å². The maximum Gasteiger partial charge on any atom is 0.308 e. The molecule has 1 N–H and O–H groups in total. The smallest absolute Gasteiger partial charge is 0.308 e. The molecule has 0 spiro atoms. The summed E-state index contributed by atoms with van der Waals surface area (Å²) in [6.45, 7) is 2.54. The van der Waals surface area contributed by atoms with Crippen molar-refractivity contribution < 1.29 is 14.7 Å². The van der Waals surface area contributed by atoms with Gasteiger partial charge in [0.2, 0.25) is 0 Å². The number of carboxylic acid groups (broad SMARTS) is 1. The van der Waals surface area contributed by atoms with Crippen LogP contribution in [0.15, 0.2) is 42.7 Å². The van der Waals surface area contributed by atoms with Crippen molar-refractivity contribution >= 4 is 23.5 Å². The van der Waals surface area contributed by atoms with Crippen LogP contribution in [0.1, 0.15) is 17.3 Å². The fraction of sp³-hybridized carbons (Fsp3) is 0.278. The second kappa shape index (κ2) is 6.61. The molecule has 1 amide bonds.